The second-order valence-electron chi connectivity index (χ2n) is 4.03. The Bertz CT molecular complexity index is 677. The van der Waals surface area contributed by atoms with Gasteiger partial charge in [0, 0.05) is 11.3 Å². The Balaban J connectivity index is 2.39. The van der Waals surface area contributed by atoms with Crippen LogP contribution in [-0.2, 0) is 15.6 Å². The van der Waals surface area contributed by atoms with E-state index in [4.69, 9.17) is 5.73 Å². The summed E-state index contributed by atoms with van der Waals surface area (Å²) in [5.74, 6) is -2.48. The zero-order valence-electron chi connectivity index (χ0n) is 9.81. The fraction of sp³-hybridized carbons (Fsp3) is 0.0769. The van der Waals surface area contributed by atoms with Gasteiger partial charge in [-0.05, 0) is 36.4 Å². The van der Waals surface area contributed by atoms with Crippen LogP contribution in [-0.4, -0.2) is 8.42 Å². The molecule has 0 unspecified atom stereocenters. The summed E-state index contributed by atoms with van der Waals surface area (Å²) in [6.45, 7) is 0. The van der Waals surface area contributed by atoms with Crippen LogP contribution in [0.5, 0.6) is 0 Å². The maximum absolute atomic E-state index is 13.4. The fourth-order valence-electron chi connectivity index (χ4n) is 1.62. The largest absolute Gasteiger partial charge is 0.399 e. The molecule has 100 valence electrons. The lowest BCUT2D eigenvalue weighted by atomic mass is 10.2. The molecule has 0 spiro atoms. The number of hydrogen-bond acceptors (Lipinski definition) is 3. The normalized spacial score (nSPS) is 11.5. The summed E-state index contributed by atoms with van der Waals surface area (Å²) in [7, 11) is -3.81. The monoisotopic (exact) mass is 283 g/mol. The van der Waals surface area contributed by atoms with E-state index in [1.54, 1.807) is 0 Å². The summed E-state index contributed by atoms with van der Waals surface area (Å²) in [5.41, 5.74) is 5.41. The van der Waals surface area contributed by atoms with Gasteiger partial charge >= 0.3 is 0 Å². The van der Waals surface area contributed by atoms with Gasteiger partial charge in [0.25, 0.3) is 0 Å². The van der Waals surface area contributed by atoms with E-state index in [2.05, 4.69) is 0 Å². The zero-order valence-corrected chi connectivity index (χ0v) is 10.6. The number of sulfone groups is 1. The van der Waals surface area contributed by atoms with Crippen molar-refractivity contribution in [3.8, 4) is 0 Å². The molecule has 2 N–H and O–H groups in total. The van der Waals surface area contributed by atoms with Crippen LogP contribution in [0, 0.1) is 11.6 Å². The van der Waals surface area contributed by atoms with Crippen molar-refractivity contribution < 1.29 is 17.2 Å². The summed E-state index contributed by atoms with van der Waals surface area (Å²) in [4.78, 5) is -0.0237. The SMILES string of the molecule is Nc1ccc(S(=O)(=O)Cc2c(F)cccc2F)cc1. The Hall–Kier alpha value is -1.95. The van der Waals surface area contributed by atoms with Crippen molar-refractivity contribution in [2.24, 2.45) is 0 Å². The third-order valence-electron chi connectivity index (χ3n) is 2.64. The van der Waals surface area contributed by atoms with Gasteiger partial charge in [-0.15, -0.1) is 0 Å². The molecular weight excluding hydrogens is 272 g/mol. The van der Waals surface area contributed by atoms with Crippen molar-refractivity contribution in [3.05, 3.63) is 59.7 Å². The fourth-order valence-corrected chi connectivity index (χ4v) is 2.99. The Labute approximate surface area is 109 Å². The van der Waals surface area contributed by atoms with Crippen LogP contribution in [0.15, 0.2) is 47.4 Å². The summed E-state index contributed by atoms with van der Waals surface area (Å²) < 4.78 is 51.0. The Morgan fingerprint density at radius 2 is 1.47 bits per heavy atom. The van der Waals surface area contributed by atoms with Crippen molar-refractivity contribution >= 4 is 15.5 Å². The van der Waals surface area contributed by atoms with Crippen molar-refractivity contribution in [2.75, 3.05) is 5.73 Å². The molecule has 3 nitrogen and oxygen atoms in total. The number of halogens is 2. The average Bonchev–Trinajstić information content (AvgIpc) is 2.35. The number of rotatable bonds is 3. The molecular formula is C13H11F2NO2S. The molecule has 0 atom stereocenters. The highest BCUT2D eigenvalue weighted by molar-refractivity contribution is 7.90. The third-order valence-corrected chi connectivity index (χ3v) is 4.29. The average molecular weight is 283 g/mol. The minimum atomic E-state index is -3.81. The maximum Gasteiger partial charge on any atom is 0.182 e. The van der Waals surface area contributed by atoms with Gasteiger partial charge in [-0.1, -0.05) is 6.07 Å². The second-order valence-corrected chi connectivity index (χ2v) is 6.02. The van der Waals surface area contributed by atoms with Crippen LogP contribution in [0.3, 0.4) is 0 Å². The van der Waals surface area contributed by atoms with Gasteiger partial charge in [0.05, 0.1) is 10.6 Å². The lowest BCUT2D eigenvalue weighted by Gasteiger charge is -2.07. The summed E-state index contributed by atoms with van der Waals surface area (Å²) >= 11 is 0. The molecule has 2 rings (SSSR count). The summed E-state index contributed by atoms with van der Waals surface area (Å²) in [5, 5.41) is 0. The van der Waals surface area contributed by atoms with Gasteiger partial charge in [0.1, 0.15) is 11.6 Å². The van der Waals surface area contributed by atoms with E-state index in [0.717, 1.165) is 12.1 Å². The minimum Gasteiger partial charge on any atom is -0.399 e. The first-order valence-corrected chi connectivity index (χ1v) is 7.06. The molecule has 0 bridgehead atoms. The zero-order chi connectivity index (χ0) is 14.0. The number of benzene rings is 2. The standard InChI is InChI=1S/C13H11F2NO2S/c14-12-2-1-3-13(15)11(12)8-19(17,18)10-6-4-9(16)5-7-10/h1-7H,8,16H2. The highest BCUT2D eigenvalue weighted by atomic mass is 32.2. The molecule has 19 heavy (non-hydrogen) atoms. The first-order chi connectivity index (χ1) is 8.90. The van der Waals surface area contributed by atoms with E-state index in [0.29, 0.717) is 5.69 Å². The molecule has 0 saturated heterocycles. The summed E-state index contributed by atoms with van der Waals surface area (Å²) in [6.07, 6.45) is 0. The second kappa shape index (κ2) is 4.97. The predicted octanol–water partition coefficient (Wildman–Crippen LogP) is 2.52. The van der Waals surface area contributed by atoms with Crippen LogP contribution in [0.1, 0.15) is 5.56 Å². The van der Waals surface area contributed by atoms with Crippen LogP contribution in [0.4, 0.5) is 14.5 Å². The van der Waals surface area contributed by atoms with Crippen molar-refractivity contribution in [1.29, 1.82) is 0 Å². The molecule has 6 heteroatoms. The molecule has 2 aromatic rings. The topological polar surface area (TPSA) is 60.2 Å². The van der Waals surface area contributed by atoms with Gasteiger partial charge in [-0.3, -0.25) is 0 Å². The van der Waals surface area contributed by atoms with Gasteiger partial charge in [0.2, 0.25) is 0 Å². The lowest BCUT2D eigenvalue weighted by Crippen LogP contribution is -2.08. The summed E-state index contributed by atoms with van der Waals surface area (Å²) in [6, 6.07) is 8.69. The molecule has 0 fully saturated rings. The molecule has 0 aliphatic rings. The number of nitrogen functional groups attached to an aromatic ring is 1. The first-order valence-electron chi connectivity index (χ1n) is 5.41. The number of hydrogen-bond donors (Lipinski definition) is 1. The first kappa shape index (κ1) is 13.5. The van der Waals surface area contributed by atoms with E-state index < -0.39 is 32.8 Å². The molecule has 0 saturated carbocycles. The van der Waals surface area contributed by atoms with Crippen molar-refractivity contribution in [2.45, 2.75) is 10.6 Å². The molecule has 0 aliphatic heterocycles. The molecule has 0 amide bonds. The molecule has 0 aliphatic carbocycles. The highest BCUT2D eigenvalue weighted by Crippen LogP contribution is 2.21. The van der Waals surface area contributed by atoms with Crippen molar-refractivity contribution in [1.82, 2.24) is 0 Å². The van der Waals surface area contributed by atoms with Gasteiger partial charge in [-0.25, -0.2) is 17.2 Å². The van der Waals surface area contributed by atoms with Crippen LogP contribution < -0.4 is 5.73 Å². The van der Waals surface area contributed by atoms with Crippen LogP contribution in [0.2, 0.25) is 0 Å². The molecule has 0 aromatic heterocycles. The molecule has 2 aromatic carbocycles. The quantitative estimate of drug-likeness (QED) is 0.880. The Morgan fingerprint density at radius 1 is 0.947 bits per heavy atom. The third kappa shape index (κ3) is 2.90. The van der Waals surface area contributed by atoms with Crippen LogP contribution in [0.25, 0.3) is 0 Å². The van der Waals surface area contributed by atoms with E-state index >= 15 is 0 Å². The van der Waals surface area contributed by atoms with Crippen molar-refractivity contribution in [3.63, 3.8) is 0 Å². The maximum atomic E-state index is 13.4. The lowest BCUT2D eigenvalue weighted by molar-refractivity contribution is 0.556. The van der Waals surface area contributed by atoms with Gasteiger partial charge in [-0.2, -0.15) is 0 Å². The Morgan fingerprint density at radius 3 is 2.00 bits per heavy atom. The van der Waals surface area contributed by atoms with E-state index in [9.17, 15) is 17.2 Å². The van der Waals surface area contributed by atoms with Gasteiger partial charge < -0.3 is 5.73 Å². The number of anilines is 1. The molecule has 0 heterocycles. The Kier molecular flexibility index (Phi) is 3.53. The minimum absolute atomic E-state index is 0.0237. The van der Waals surface area contributed by atoms with E-state index in [1.165, 1.54) is 30.3 Å². The number of nitrogens with two attached hydrogens (primary N) is 1. The predicted molar refractivity (Wildman–Crippen MR) is 68.1 cm³/mol. The van der Waals surface area contributed by atoms with Crippen LogP contribution >= 0.6 is 0 Å². The van der Waals surface area contributed by atoms with E-state index in [1.807, 2.05) is 0 Å². The van der Waals surface area contributed by atoms with E-state index in [-0.39, 0.29) is 4.90 Å². The highest BCUT2D eigenvalue weighted by Gasteiger charge is 2.20. The molecule has 0 radical (unpaired) electrons. The smallest absolute Gasteiger partial charge is 0.182 e. The van der Waals surface area contributed by atoms with Gasteiger partial charge in [0.15, 0.2) is 9.84 Å².